The van der Waals surface area contributed by atoms with E-state index in [0.717, 1.165) is 0 Å². The Balaban J connectivity index is 1.77. The summed E-state index contributed by atoms with van der Waals surface area (Å²) in [7, 11) is 1.62. The van der Waals surface area contributed by atoms with Crippen LogP contribution >= 0.6 is 0 Å². The van der Waals surface area contributed by atoms with Gasteiger partial charge in [0.25, 0.3) is 0 Å². The van der Waals surface area contributed by atoms with Crippen molar-refractivity contribution in [3.63, 3.8) is 0 Å². The van der Waals surface area contributed by atoms with Crippen LogP contribution in [0.1, 0.15) is 19.3 Å². The second kappa shape index (κ2) is 6.60. The molecule has 1 saturated heterocycles. The second-order valence-corrected chi connectivity index (χ2v) is 5.50. The molecule has 1 aliphatic carbocycles. The molecule has 116 valence electrons. The molecule has 0 aromatic carbocycles. The van der Waals surface area contributed by atoms with Crippen LogP contribution in [0.5, 0.6) is 0 Å². The molecular formula is C14H21N3O4. The maximum atomic E-state index is 12.1. The normalized spacial score (nSPS) is 25.7. The third kappa shape index (κ3) is 3.74. The maximum absolute atomic E-state index is 12.1. The summed E-state index contributed by atoms with van der Waals surface area (Å²) in [6.45, 7) is 1.09. The summed E-state index contributed by atoms with van der Waals surface area (Å²) in [6.07, 6.45) is 5.06. The van der Waals surface area contributed by atoms with Gasteiger partial charge in [0.05, 0.1) is 12.0 Å². The van der Waals surface area contributed by atoms with Crippen molar-refractivity contribution in [3.8, 4) is 0 Å². The molecule has 1 aliphatic heterocycles. The largest absolute Gasteiger partial charge is 0.481 e. The topological polar surface area (TPSA) is 98.7 Å². The third-order valence-corrected chi connectivity index (χ3v) is 4.11. The molecule has 2 unspecified atom stereocenters. The molecule has 0 aromatic rings. The fourth-order valence-electron chi connectivity index (χ4n) is 2.79. The van der Waals surface area contributed by atoms with Crippen molar-refractivity contribution in [1.82, 2.24) is 15.5 Å². The molecular weight excluding hydrogens is 274 g/mol. The lowest BCUT2D eigenvalue weighted by atomic mass is 9.96. The zero-order chi connectivity index (χ0) is 15.4. The number of likely N-dealkylation sites (tertiary alicyclic amines) is 1. The number of carbonyl (C=O) groups excluding carboxylic acids is 2. The van der Waals surface area contributed by atoms with Gasteiger partial charge in [-0.25, -0.2) is 4.79 Å². The van der Waals surface area contributed by atoms with Gasteiger partial charge in [-0.05, 0) is 19.3 Å². The first kappa shape index (κ1) is 15.3. The quantitative estimate of drug-likeness (QED) is 0.647. The standard InChI is InChI=1S/C14H21N3O4/c1-15-12(18)9-4-6-17(7-5-9)14(21)16-11-3-2-10(8-11)13(19)20/h2-3,9-11H,4-8H2,1H3,(H,15,18)(H,16,21)(H,19,20). The highest BCUT2D eigenvalue weighted by molar-refractivity contribution is 5.79. The van der Waals surface area contributed by atoms with Gasteiger partial charge in [0.15, 0.2) is 0 Å². The van der Waals surface area contributed by atoms with Crippen molar-refractivity contribution in [3.05, 3.63) is 12.2 Å². The number of carboxylic acids is 1. The lowest BCUT2D eigenvalue weighted by molar-refractivity contribution is -0.140. The highest BCUT2D eigenvalue weighted by atomic mass is 16.4. The number of aliphatic carboxylic acids is 1. The predicted molar refractivity (Wildman–Crippen MR) is 75.6 cm³/mol. The summed E-state index contributed by atoms with van der Waals surface area (Å²) in [5.74, 6) is -1.39. The SMILES string of the molecule is CNC(=O)C1CCN(C(=O)NC2C=CC(C(=O)O)C2)CC1. The van der Waals surface area contributed by atoms with Crippen LogP contribution in [0.3, 0.4) is 0 Å². The highest BCUT2D eigenvalue weighted by Gasteiger charge is 2.29. The number of rotatable bonds is 3. The Morgan fingerprint density at radius 2 is 1.86 bits per heavy atom. The van der Waals surface area contributed by atoms with Crippen LogP contribution < -0.4 is 10.6 Å². The smallest absolute Gasteiger partial charge is 0.317 e. The van der Waals surface area contributed by atoms with Gasteiger partial charge in [0.2, 0.25) is 5.91 Å². The minimum Gasteiger partial charge on any atom is -0.481 e. The number of carboxylic acid groups (broad SMARTS) is 1. The van der Waals surface area contributed by atoms with Gasteiger partial charge in [-0.15, -0.1) is 0 Å². The van der Waals surface area contributed by atoms with E-state index in [2.05, 4.69) is 10.6 Å². The Hall–Kier alpha value is -2.05. The average molecular weight is 295 g/mol. The van der Waals surface area contributed by atoms with Gasteiger partial charge < -0.3 is 20.6 Å². The summed E-state index contributed by atoms with van der Waals surface area (Å²) in [4.78, 5) is 36.2. The van der Waals surface area contributed by atoms with Crippen molar-refractivity contribution in [2.45, 2.75) is 25.3 Å². The summed E-state index contributed by atoms with van der Waals surface area (Å²) in [5.41, 5.74) is 0. The first-order valence-corrected chi connectivity index (χ1v) is 7.19. The van der Waals surface area contributed by atoms with Crippen LogP contribution in [0.15, 0.2) is 12.2 Å². The summed E-state index contributed by atoms with van der Waals surface area (Å²) in [5, 5.41) is 14.4. The average Bonchev–Trinajstić information content (AvgIpc) is 2.95. The minimum absolute atomic E-state index is 0.0260. The van der Waals surface area contributed by atoms with Crippen LogP contribution in [0, 0.1) is 11.8 Å². The van der Waals surface area contributed by atoms with E-state index in [4.69, 9.17) is 5.11 Å². The van der Waals surface area contributed by atoms with Gasteiger partial charge in [-0.1, -0.05) is 12.2 Å². The van der Waals surface area contributed by atoms with E-state index in [0.29, 0.717) is 32.4 Å². The molecule has 3 amide bonds. The first-order valence-electron chi connectivity index (χ1n) is 7.19. The summed E-state index contributed by atoms with van der Waals surface area (Å²) >= 11 is 0. The molecule has 21 heavy (non-hydrogen) atoms. The van der Waals surface area contributed by atoms with E-state index >= 15 is 0 Å². The first-order chi connectivity index (χ1) is 10.0. The van der Waals surface area contributed by atoms with Crippen LogP contribution in [0.4, 0.5) is 4.79 Å². The maximum Gasteiger partial charge on any atom is 0.317 e. The molecule has 7 nitrogen and oxygen atoms in total. The van der Waals surface area contributed by atoms with Crippen LogP contribution in [-0.4, -0.2) is 54.1 Å². The molecule has 0 saturated carbocycles. The molecule has 1 fully saturated rings. The van der Waals surface area contributed by atoms with Crippen LogP contribution in [-0.2, 0) is 9.59 Å². The van der Waals surface area contributed by atoms with E-state index in [1.165, 1.54) is 0 Å². The molecule has 2 aliphatic rings. The van der Waals surface area contributed by atoms with Crippen molar-refractivity contribution >= 4 is 17.9 Å². The minimum atomic E-state index is -0.866. The van der Waals surface area contributed by atoms with Gasteiger partial charge in [-0.2, -0.15) is 0 Å². The highest BCUT2D eigenvalue weighted by Crippen LogP contribution is 2.20. The van der Waals surface area contributed by atoms with Crippen molar-refractivity contribution in [2.75, 3.05) is 20.1 Å². The molecule has 2 atom stereocenters. The van der Waals surface area contributed by atoms with E-state index < -0.39 is 11.9 Å². The fraction of sp³-hybridized carbons (Fsp3) is 0.643. The Kier molecular flexibility index (Phi) is 4.82. The van der Waals surface area contributed by atoms with Crippen molar-refractivity contribution in [2.24, 2.45) is 11.8 Å². The molecule has 2 rings (SSSR count). The summed E-state index contributed by atoms with van der Waals surface area (Å²) in [6, 6.07) is -0.415. The lowest BCUT2D eigenvalue weighted by Gasteiger charge is -2.31. The number of urea groups is 1. The second-order valence-electron chi connectivity index (χ2n) is 5.50. The van der Waals surface area contributed by atoms with Crippen LogP contribution in [0.25, 0.3) is 0 Å². The molecule has 3 N–H and O–H groups in total. The van der Waals surface area contributed by atoms with Gasteiger partial charge >= 0.3 is 12.0 Å². The van der Waals surface area contributed by atoms with Gasteiger partial charge in [-0.3, -0.25) is 9.59 Å². The monoisotopic (exact) mass is 295 g/mol. The number of hydrogen-bond acceptors (Lipinski definition) is 3. The molecule has 1 heterocycles. The molecule has 0 spiro atoms. The predicted octanol–water partition coefficient (Wildman–Crippen LogP) is 0.183. The Bertz CT molecular complexity index is 455. The summed E-state index contributed by atoms with van der Waals surface area (Å²) < 4.78 is 0. The lowest BCUT2D eigenvalue weighted by Crippen LogP contribution is -2.48. The Morgan fingerprint density at radius 3 is 2.38 bits per heavy atom. The van der Waals surface area contributed by atoms with Crippen molar-refractivity contribution < 1.29 is 19.5 Å². The van der Waals surface area contributed by atoms with Gasteiger partial charge in [0, 0.05) is 26.1 Å². The number of nitrogens with zero attached hydrogens (tertiary/aromatic N) is 1. The molecule has 0 aromatic heterocycles. The number of carbonyl (C=O) groups is 3. The Morgan fingerprint density at radius 1 is 1.19 bits per heavy atom. The van der Waals surface area contributed by atoms with E-state index in [1.54, 1.807) is 24.1 Å². The zero-order valence-electron chi connectivity index (χ0n) is 12.0. The van der Waals surface area contributed by atoms with Crippen LogP contribution in [0.2, 0.25) is 0 Å². The third-order valence-electron chi connectivity index (χ3n) is 4.11. The van der Waals surface area contributed by atoms with Gasteiger partial charge in [0.1, 0.15) is 0 Å². The molecule has 7 heteroatoms. The number of hydrogen-bond donors (Lipinski definition) is 3. The zero-order valence-corrected chi connectivity index (χ0v) is 12.0. The number of nitrogens with one attached hydrogen (secondary N) is 2. The molecule has 0 bridgehead atoms. The number of amides is 3. The fourth-order valence-corrected chi connectivity index (χ4v) is 2.79. The Labute approximate surface area is 123 Å². The number of piperidine rings is 1. The van der Waals surface area contributed by atoms with E-state index in [9.17, 15) is 14.4 Å². The molecule has 0 radical (unpaired) electrons. The van der Waals surface area contributed by atoms with E-state index in [-0.39, 0.29) is 23.9 Å². The van der Waals surface area contributed by atoms with E-state index in [1.807, 2.05) is 0 Å². The van der Waals surface area contributed by atoms with Crippen molar-refractivity contribution in [1.29, 1.82) is 0 Å².